The summed E-state index contributed by atoms with van der Waals surface area (Å²) < 4.78 is 0. The minimum Gasteiger partial charge on any atom is -0.370 e. The van der Waals surface area contributed by atoms with Gasteiger partial charge in [-0.05, 0) is 25.2 Å². The average molecular weight is 300 g/mol. The first kappa shape index (κ1) is 14.5. The Morgan fingerprint density at radius 1 is 1.53 bits per heavy atom. The summed E-state index contributed by atoms with van der Waals surface area (Å²) in [4.78, 5) is 18.5. The van der Waals surface area contributed by atoms with Crippen LogP contribution in [0, 0.1) is 0 Å². The molecule has 19 heavy (non-hydrogen) atoms. The highest BCUT2D eigenvalue weighted by atomic mass is 35.5. The zero-order valence-corrected chi connectivity index (χ0v) is 12.6. The Hall–Kier alpha value is -0.940. The number of hydrogen-bond acceptors (Lipinski definition) is 4. The topological polar surface area (TPSA) is 45.2 Å². The summed E-state index contributed by atoms with van der Waals surface area (Å²) in [6.45, 7) is 4.35. The number of anilines is 1. The standard InChI is InChI=1S/C13H18ClN3OS/c1-2-15-12-8-10(11(14)9-16-12)13(18)17-4-3-6-19-7-5-17/h8-9H,2-7H2,1H3,(H,15,16). The monoisotopic (exact) mass is 299 g/mol. The number of thioether (sulfide) groups is 1. The second-order valence-corrected chi connectivity index (χ2v) is 5.97. The normalized spacial score (nSPS) is 16.0. The molecule has 2 rings (SSSR count). The van der Waals surface area contributed by atoms with Crippen molar-refractivity contribution >= 4 is 35.1 Å². The van der Waals surface area contributed by atoms with Crippen molar-refractivity contribution in [3.05, 3.63) is 22.8 Å². The average Bonchev–Trinajstić information content (AvgIpc) is 2.69. The molecule has 2 heterocycles. The number of carbonyl (C=O) groups excluding carboxylic acids is 1. The Morgan fingerprint density at radius 2 is 2.37 bits per heavy atom. The third-order valence-electron chi connectivity index (χ3n) is 2.95. The Bertz CT molecular complexity index is 448. The first-order chi connectivity index (χ1) is 9.22. The van der Waals surface area contributed by atoms with E-state index in [4.69, 9.17) is 11.6 Å². The van der Waals surface area contributed by atoms with Gasteiger partial charge in [0.05, 0.1) is 10.6 Å². The van der Waals surface area contributed by atoms with Crippen LogP contribution in [-0.4, -0.2) is 46.9 Å². The first-order valence-corrected chi connectivity index (χ1v) is 8.02. The van der Waals surface area contributed by atoms with Crippen LogP contribution in [0.1, 0.15) is 23.7 Å². The Morgan fingerprint density at radius 3 is 3.16 bits per heavy atom. The zero-order valence-electron chi connectivity index (χ0n) is 11.0. The summed E-state index contributed by atoms with van der Waals surface area (Å²) >= 11 is 8.00. The molecular weight excluding hydrogens is 282 g/mol. The molecule has 0 saturated carbocycles. The largest absolute Gasteiger partial charge is 0.370 e. The van der Waals surface area contributed by atoms with E-state index in [2.05, 4.69) is 10.3 Å². The van der Waals surface area contributed by atoms with Gasteiger partial charge >= 0.3 is 0 Å². The highest BCUT2D eigenvalue weighted by Crippen LogP contribution is 2.21. The number of halogens is 1. The van der Waals surface area contributed by atoms with Crippen molar-refractivity contribution in [1.29, 1.82) is 0 Å². The predicted molar refractivity (Wildman–Crippen MR) is 81.3 cm³/mol. The van der Waals surface area contributed by atoms with E-state index in [1.165, 1.54) is 0 Å². The molecule has 1 aliphatic rings. The molecule has 0 bridgehead atoms. The van der Waals surface area contributed by atoms with Crippen LogP contribution in [0.5, 0.6) is 0 Å². The van der Waals surface area contributed by atoms with E-state index in [0.717, 1.165) is 37.6 Å². The number of nitrogens with one attached hydrogen (secondary N) is 1. The van der Waals surface area contributed by atoms with E-state index in [0.29, 0.717) is 16.4 Å². The van der Waals surface area contributed by atoms with Gasteiger partial charge in [-0.25, -0.2) is 4.98 Å². The molecule has 1 aromatic rings. The van der Waals surface area contributed by atoms with Crippen LogP contribution in [0.15, 0.2) is 12.3 Å². The van der Waals surface area contributed by atoms with Crippen LogP contribution in [0.3, 0.4) is 0 Å². The van der Waals surface area contributed by atoms with Gasteiger partial charge in [0.15, 0.2) is 0 Å². The Kier molecular flexibility index (Phi) is 5.34. The van der Waals surface area contributed by atoms with Gasteiger partial charge < -0.3 is 10.2 Å². The fraction of sp³-hybridized carbons (Fsp3) is 0.538. The van der Waals surface area contributed by atoms with Gasteiger partial charge in [0.1, 0.15) is 5.82 Å². The summed E-state index contributed by atoms with van der Waals surface area (Å²) in [5.74, 6) is 2.82. The van der Waals surface area contributed by atoms with Crippen molar-refractivity contribution in [3.63, 3.8) is 0 Å². The van der Waals surface area contributed by atoms with Gasteiger partial charge in [0.2, 0.25) is 0 Å². The predicted octanol–water partition coefficient (Wildman–Crippen LogP) is 2.75. The van der Waals surface area contributed by atoms with Crippen molar-refractivity contribution in [2.45, 2.75) is 13.3 Å². The molecule has 0 unspecified atom stereocenters. The van der Waals surface area contributed by atoms with Crippen LogP contribution >= 0.6 is 23.4 Å². The van der Waals surface area contributed by atoms with Gasteiger partial charge in [-0.1, -0.05) is 11.6 Å². The number of hydrogen-bond donors (Lipinski definition) is 1. The van der Waals surface area contributed by atoms with Gasteiger partial charge in [-0.15, -0.1) is 0 Å². The van der Waals surface area contributed by atoms with Crippen molar-refractivity contribution in [2.24, 2.45) is 0 Å². The Balaban J connectivity index is 2.18. The van der Waals surface area contributed by atoms with Crippen LogP contribution < -0.4 is 5.32 Å². The third-order valence-corrected chi connectivity index (χ3v) is 4.30. The molecule has 6 heteroatoms. The first-order valence-electron chi connectivity index (χ1n) is 6.49. The van der Waals surface area contributed by atoms with Crippen molar-refractivity contribution in [1.82, 2.24) is 9.88 Å². The lowest BCUT2D eigenvalue weighted by atomic mass is 10.2. The SMILES string of the molecule is CCNc1cc(C(=O)N2CCCSCC2)c(Cl)cn1. The van der Waals surface area contributed by atoms with E-state index in [-0.39, 0.29) is 5.91 Å². The van der Waals surface area contributed by atoms with E-state index in [1.807, 2.05) is 23.6 Å². The number of amides is 1. The van der Waals surface area contributed by atoms with Gasteiger partial charge in [-0.3, -0.25) is 4.79 Å². The highest BCUT2D eigenvalue weighted by molar-refractivity contribution is 7.99. The molecule has 1 N–H and O–H groups in total. The number of aromatic nitrogens is 1. The summed E-state index contributed by atoms with van der Waals surface area (Å²) in [5.41, 5.74) is 0.541. The molecule has 1 aliphatic heterocycles. The molecule has 0 aromatic carbocycles. The molecular formula is C13H18ClN3OS. The van der Waals surface area contributed by atoms with Gasteiger partial charge in [0, 0.05) is 31.6 Å². The van der Waals surface area contributed by atoms with Crippen molar-refractivity contribution in [2.75, 3.05) is 36.5 Å². The zero-order chi connectivity index (χ0) is 13.7. The molecule has 4 nitrogen and oxygen atoms in total. The molecule has 1 aromatic heterocycles. The second-order valence-electron chi connectivity index (χ2n) is 4.34. The van der Waals surface area contributed by atoms with Crippen molar-refractivity contribution in [3.8, 4) is 0 Å². The second kappa shape index (κ2) is 7.01. The molecule has 104 valence electrons. The van der Waals surface area contributed by atoms with E-state index in [9.17, 15) is 4.79 Å². The van der Waals surface area contributed by atoms with E-state index in [1.54, 1.807) is 12.3 Å². The number of carbonyl (C=O) groups is 1. The van der Waals surface area contributed by atoms with Crippen LogP contribution in [0.4, 0.5) is 5.82 Å². The molecule has 0 spiro atoms. The lowest BCUT2D eigenvalue weighted by Crippen LogP contribution is -2.33. The third kappa shape index (κ3) is 3.76. The number of rotatable bonds is 3. The molecule has 1 saturated heterocycles. The summed E-state index contributed by atoms with van der Waals surface area (Å²) in [5, 5.41) is 3.52. The maximum Gasteiger partial charge on any atom is 0.255 e. The molecule has 0 atom stereocenters. The van der Waals surface area contributed by atoms with Crippen LogP contribution in [0.2, 0.25) is 5.02 Å². The molecule has 0 radical (unpaired) electrons. The van der Waals surface area contributed by atoms with Crippen LogP contribution in [-0.2, 0) is 0 Å². The smallest absolute Gasteiger partial charge is 0.255 e. The summed E-state index contributed by atoms with van der Waals surface area (Å²) in [6.07, 6.45) is 2.58. The maximum absolute atomic E-state index is 12.5. The number of pyridine rings is 1. The summed E-state index contributed by atoms with van der Waals surface area (Å²) in [6, 6.07) is 1.74. The molecule has 0 aliphatic carbocycles. The maximum atomic E-state index is 12.5. The minimum absolute atomic E-state index is 0.00838. The molecule has 1 fully saturated rings. The van der Waals surface area contributed by atoms with Crippen molar-refractivity contribution < 1.29 is 4.79 Å². The minimum atomic E-state index is 0.00838. The fourth-order valence-corrected chi connectivity index (χ4v) is 3.07. The van der Waals surface area contributed by atoms with Gasteiger partial charge in [0.25, 0.3) is 5.91 Å². The van der Waals surface area contributed by atoms with E-state index >= 15 is 0 Å². The van der Waals surface area contributed by atoms with Gasteiger partial charge in [-0.2, -0.15) is 11.8 Å². The lowest BCUT2D eigenvalue weighted by Gasteiger charge is -2.20. The Labute approximate surface area is 122 Å². The fourth-order valence-electron chi connectivity index (χ4n) is 2.00. The lowest BCUT2D eigenvalue weighted by molar-refractivity contribution is 0.0768. The van der Waals surface area contributed by atoms with Crippen LogP contribution in [0.25, 0.3) is 0 Å². The molecule has 1 amide bonds. The van der Waals surface area contributed by atoms with E-state index < -0.39 is 0 Å². The summed E-state index contributed by atoms with van der Waals surface area (Å²) in [7, 11) is 0. The highest BCUT2D eigenvalue weighted by Gasteiger charge is 2.20. The quantitative estimate of drug-likeness (QED) is 0.932. The number of nitrogens with zero attached hydrogens (tertiary/aromatic N) is 2.